The van der Waals surface area contributed by atoms with Gasteiger partial charge in [-0.2, -0.15) is 0 Å². The zero-order valence-corrected chi connectivity index (χ0v) is 15.7. The molecule has 7 heteroatoms. The fraction of sp³-hybridized carbons (Fsp3) is 0.263. The van der Waals surface area contributed by atoms with E-state index in [0.29, 0.717) is 23.6 Å². The van der Waals surface area contributed by atoms with Crippen molar-refractivity contribution < 1.29 is 23.8 Å². The Balaban J connectivity index is 1.90. The number of nitrogens with one attached hydrogen (secondary N) is 1. The van der Waals surface area contributed by atoms with Crippen LogP contribution in [0.3, 0.4) is 0 Å². The Kier molecular flexibility index (Phi) is 7.23. The van der Waals surface area contributed by atoms with Crippen molar-refractivity contribution in [3.8, 4) is 11.5 Å². The van der Waals surface area contributed by atoms with Crippen molar-refractivity contribution >= 4 is 29.3 Å². The van der Waals surface area contributed by atoms with Crippen molar-refractivity contribution in [1.29, 1.82) is 0 Å². The molecule has 2 aromatic rings. The molecule has 0 bridgehead atoms. The Morgan fingerprint density at radius 3 is 2.69 bits per heavy atom. The van der Waals surface area contributed by atoms with Gasteiger partial charge in [0.2, 0.25) is 0 Å². The molecule has 0 saturated carbocycles. The monoisotopic (exact) mass is 375 g/mol. The van der Waals surface area contributed by atoms with Crippen molar-refractivity contribution in [2.75, 3.05) is 14.2 Å². The molecule has 0 aliphatic heterocycles. The lowest BCUT2D eigenvalue weighted by atomic mass is 10.1. The normalized spacial score (nSPS) is 11.8. The molecule has 0 aliphatic rings. The predicted octanol–water partition coefficient (Wildman–Crippen LogP) is 3.03. The first-order valence-electron chi connectivity index (χ1n) is 7.94. The summed E-state index contributed by atoms with van der Waals surface area (Å²) in [5.74, 6) is 0.268. The van der Waals surface area contributed by atoms with E-state index < -0.39 is 12.1 Å². The van der Waals surface area contributed by atoms with E-state index in [1.54, 1.807) is 42.7 Å². The maximum Gasteiger partial charge on any atom is 0.331 e. The summed E-state index contributed by atoms with van der Waals surface area (Å²) in [6.07, 6.45) is 1.92. The van der Waals surface area contributed by atoms with Crippen LogP contribution in [0.5, 0.6) is 11.5 Å². The minimum atomic E-state index is -0.890. The zero-order chi connectivity index (χ0) is 18.9. The lowest BCUT2D eigenvalue weighted by molar-refractivity contribution is -0.150. The number of carbonyl (C=O) groups is 2. The molecule has 0 aliphatic carbocycles. The maximum atomic E-state index is 12.0. The van der Waals surface area contributed by atoms with Crippen molar-refractivity contribution in [1.82, 2.24) is 5.32 Å². The van der Waals surface area contributed by atoms with E-state index in [0.717, 1.165) is 4.88 Å². The van der Waals surface area contributed by atoms with Gasteiger partial charge in [0.1, 0.15) is 11.5 Å². The Labute approximate surface area is 156 Å². The maximum absolute atomic E-state index is 12.0. The number of thiophene rings is 1. The van der Waals surface area contributed by atoms with Gasteiger partial charge in [-0.25, -0.2) is 4.79 Å². The van der Waals surface area contributed by atoms with Gasteiger partial charge < -0.3 is 19.5 Å². The van der Waals surface area contributed by atoms with E-state index >= 15 is 0 Å². The molecule has 0 spiro atoms. The first-order valence-corrected chi connectivity index (χ1v) is 8.82. The average molecular weight is 375 g/mol. The lowest BCUT2D eigenvalue weighted by Gasteiger charge is -2.12. The largest absolute Gasteiger partial charge is 0.497 e. The summed E-state index contributed by atoms with van der Waals surface area (Å²) in [5.41, 5.74) is 0.665. The fourth-order valence-corrected chi connectivity index (χ4v) is 2.77. The topological polar surface area (TPSA) is 73.9 Å². The second-order valence-electron chi connectivity index (χ2n) is 5.32. The molecular weight excluding hydrogens is 354 g/mol. The van der Waals surface area contributed by atoms with Gasteiger partial charge in [0.05, 0.1) is 20.8 Å². The summed E-state index contributed by atoms with van der Waals surface area (Å²) in [5, 5.41) is 4.66. The molecule has 0 radical (unpaired) electrons. The summed E-state index contributed by atoms with van der Waals surface area (Å²) >= 11 is 1.55. The summed E-state index contributed by atoms with van der Waals surface area (Å²) in [6.45, 7) is 1.94. The highest BCUT2D eigenvalue weighted by Gasteiger charge is 2.16. The lowest BCUT2D eigenvalue weighted by Crippen LogP contribution is -2.34. The molecule has 0 fully saturated rings. The highest BCUT2D eigenvalue weighted by molar-refractivity contribution is 7.09. The number of rotatable bonds is 8. The number of methoxy groups -OCH3 is 2. The van der Waals surface area contributed by atoms with Crippen molar-refractivity contribution in [3.05, 3.63) is 52.2 Å². The summed E-state index contributed by atoms with van der Waals surface area (Å²) in [6, 6.07) is 9.07. The third kappa shape index (κ3) is 5.63. The molecule has 138 valence electrons. The van der Waals surface area contributed by atoms with E-state index in [9.17, 15) is 9.59 Å². The van der Waals surface area contributed by atoms with Crippen LogP contribution in [0.4, 0.5) is 0 Å². The summed E-state index contributed by atoms with van der Waals surface area (Å²) < 4.78 is 15.5. The Bertz CT molecular complexity index is 770. The predicted molar refractivity (Wildman–Crippen MR) is 100 cm³/mol. The number of carbonyl (C=O) groups excluding carboxylic acids is 2. The molecule has 1 aromatic heterocycles. The SMILES string of the molecule is COc1ccc(OC)c(/C=C/C(=O)OC(C)C(=O)NCc2cccs2)c1. The zero-order valence-electron chi connectivity index (χ0n) is 14.9. The van der Waals surface area contributed by atoms with Gasteiger partial charge >= 0.3 is 5.97 Å². The molecule has 6 nitrogen and oxygen atoms in total. The fourth-order valence-electron chi connectivity index (χ4n) is 2.13. The van der Waals surface area contributed by atoms with Crippen LogP contribution < -0.4 is 14.8 Å². The van der Waals surface area contributed by atoms with E-state index in [2.05, 4.69) is 5.32 Å². The van der Waals surface area contributed by atoms with Gasteiger partial charge in [-0.15, -0.1) is 11.3 Å². The quantitative estimate of drug-likeness (QED) is 0.567. The summed E-state index contributed by atoms with van der Waals surface area (Å²) in [7, 11) is 3.09. The van der Waals surface area contributed by atoms with Gasteiger partial charge in [-0.05, 0) is 42.6 Å². The Morgan fingerprint density at radius 2 is 2.04 bits per heavy atom. The molecule has 1 aromatic carbocycles. The Hall–Kier alpha value is -2.80. The van der Waals surface area contributed by atoms with E-state index in [4.69, 9.17) is 14.2 Å². The van der Waals surface area contributed by atoms with Crippen LogP contribution in [-0.4, -0.2) is 32.2 Å². The third-order valence-corrected chi connectivity index (χ3v) is 4.39. The molecule has 1 N–H and O–H groups in total. The highest BCUT2D eigenvalue weighted by Crippen LogP contribution is 2.25. The van der Waals surface area contributed by atoms with Crippen molar-refractivity contribution in [2.24, 2.45) is 0 Å². The van der Waals surface area contributed by atoms with E-state index in [1.807, 2.05) is 17.5 Å². The van der Waals surface area contributed by atoms with Crippen LogP contribution in [0.15, 0.2) is 41.8 Å². The second kappa shape index (κ2) is 9.62. The van der Waals surface area contributed by atoms with Crippen molar-refractivity contribution in [3.63, 3.8) is 0 Å². The highest BCUT2D eigenvalue weighted by atomic mass is 32.1. The molecule has 2 rings (SSSR count). The number of amides is 1. The van der Waals surface area contributed by atoms with Gasteiger partial charge in [0.25, 0.3) is 5.91 Å². The molecule has 26 heavy (non-hydrogen) atoms. The number of esters is 1. The van der Waals surface area contributed by atoms with Crippen LogP contribution in [0.25, 0.3) is 6.08 Å². The Morgan fingerprint density at radius 1 is 1.23 bits per heavy atom. The molecule has 1 unspecified atom stereocenters. The third-order valence-electron chi connectivity index (χ3n) is 3.51. The minimum Gasteiger partial charge on any atom is -0.497 e. The van der Waals surface area contributed by atoms with Crippen LogP contribution in [0.1, 0.15) is 17.4 Å². The first kappa shape index (κ1) is 19.5. The number of hydrogen-bond acceptors (Lipinski definition) is 6. The van der Waals surface area contributed by atoms with Gasteiger partial charge in [-0.3, -0.25) is 4.79 Å². The summed E-state index contributed by atoms with van der Waals surface area (Å²) in [4.78, 5) is 25.0. The van der Waals surface area contributed by atoms with Crippen LogP contribution in [0, 0.1) is 0 Å². The molecule has 0 saturated heterocycles. The second-order valence-corrected chi connectivity index (χ2v) is 6.35. The van der Waals surface area contributed by atoms with E-state index in [1.165, 1.54) is 20.1 Å². The molecule has 1 amide bonds. The molecule has 1 heterocycles. The van der Waals surface area contributed by atoms with Crippen molar-refractivity contribution in [2.45, 2.75) is 19.6 Å². The van der Waals surface area contributed by atoms with Gasteiger partial charge in [0, 0.05) is 16.5 Å². The minimum absolute atomic E-state index is 0.348. The smallest absolute Gasteiger partial charge is 0.331 e. The number of benzene rings is 1. The molecular formula is C19H21NO5S. The van der Waals surface area contributed by atoms with Gasteiger partial charge in [-0.1, -0.05) is 6.07 Å². The average Bonchev–Trinajstić information content (AvgIpc) is 3.17. The number of hydrogen-bond donors (Lipinski definition) is 1. The number of ether oxygens (including phenoxy) is 3. The van der Waals surface area contributed by atoms with Gasteiger partial charge in [0.15, 0.2) is 6.10 Å². The first-order chi connectivity index (χ1) is 12.5. The van der Waals surface area contributed by atoms with Crippen LogP contribution in [0.2, 0.25) is 0 Å². The standard InChI is InChI=1S/C19H21NO5S/c1-13(19(22)20-12-16-5-4-10-26-16)25-18(21)9-6-14-11-15(23-2)7-8-17(14)24-3/h4-11,13H,12H2,1-3H3,(H,20,22)/b9-6+. The molecule has 1 atom stereocenters. The van der Waals surface area contributed by atoms with E-state index in [-0.39, 0.29) is 5.91 Å². The van der Waals surface area contributed by atoms with Crippen LogP contribution >= 0.6 is 11.3 Å². The van der Waals surface area contributed by atoms with Crippen LogP contribution in [-0.2, 0) is 20.9 Å².